The van der Waals surface area contributed by atoms with Gasteiger partial charge in [0, 0.05) is 39.6 Å². The van der Waals surface area contributed by atoms with Gasteiger partial charge in [0.1, 0.15) is 5.69 Å². The Balaban J connectivity index is 1.95. The summed E-state index contributed by atoms with van der Waals surface area (Å²) in [5.74, 6) is -0.199. The molecule has 2 N–H and O–H groups in total. The van der Waals surface area contributed by atoms with E-state index in [-0.39, 0.29) is 12.5 Å². The molecule has 0 unspecified atom stereocenters. The molecule has 0 saturated carbocycles. The number of hydrogen-bond donors (Lipinski definition) is 2. The number of aliphatic hydroxyl groups is 1. The minimum Gasteiger partial charge on any atom is -0.388 e. The summed E-state index contributed by atoms with van der Waals surface area (Å²) >= 11 is 0. The van der Waals surface area contributed by atoms with Crippen LogP contribution in [0.1, 0.15) is 35.9 Å². The molecule has 1 aromatic heterocycles. The Morgan fingerprint density at radius 3 is 2.84 bits per heavy atom. The van der Waals surface area contributed by atoms with Crippen molar-refractivity contribution in [3.63, 3.8) is 0 Å². The number of amides is 1. The molecule has 106 valence electrons. The third-order valence-electron chi connectivity index (χ3n) is 3.53. The van der Waals surface area contributed by atoms with Crippen LogP contribution in [0.4, 0.5) is 0 Å². The molecule has 0 atom stereocenters. The van der Waals surface area contributed by atoms with Crippen LogP contribution in [0.2, 0.25) is 0 Å². The van der Waals surface area contributed by atoms with Crippen molar-refractivity contribution in [2.45, 2.75) is 31.8 Å². The number of rotatable bonds is 4. The van der Waals surface area contributed by atoms with Crippen LogP contribution in [0.25, 0.3) is 0 Å². The van der Waals surface area contributed by atoms with E-state index in [1.165, 1.54) is 0 Å². The highest BCUT2D eigenvalue weighted by Crippen LogP contribution is 2.19. The van der Waals surface area contributed by atoms with Gasteiger partial charge in [-0.1, -0.05) is 6.92 Å². The summed E-state index contributed by atoms with van der Waals surface area (Å²) in [7, 11) is 1.75. The number of aryl methyl sites for hydroxylation is 2. The smallest absolute Gasteiger partial charge is 0.269 e. The minimum absolute atomic E-state index is 0.199. The summed E-state index contributed by atoms with van der Waals surface area (Å²) in [5, 5.41) is 17.3. The fourth-order valence-electron chi connectivity index (χ4n) is 2.18. The fraction of sp³-hybridized carbons (Fsp3) is 0.692. The van der Waals surface area contributed by atoms with Gasteiger partial charge in [-0.05, 0) is 12.5 Å². The van der Waals surface area contributed by atoms with Gasteiger partial charge in [-0.3, -0.25) is 9.48 Å². The van der Waals surface area contributed by atoms with E-state index in [4.69, 9.17) is 4.74 Å². The zero-order chi connectivity index (χ0) is 13.9. The fourth-order valence-corrected chi connectivity index (χ4v) is 2.18. The van der Waals surface area contributed by atoms with Crippen LogP contribution in [0.5, 0.6) is 0 Å². The van der Waals surface area contributed by atoms with Crippen molar-refractivity contribution < 1.29 is 14.6 Å². The Labute approximate surface area is 112 Å². The maximum Gasteiger partial charge on any atom is 0.269 e. The van der Waals surface area contributed by atoms with E-state index >= 15 is 0 Å². The molecule has 1 fully saturated rings. The topological polar surface area (TPSA) is 76.4 Å². The van der Waals surface area contributed by atoms with Gasteiger partial charge < -0.3 is 15.2 Å². The molecule has 6 nitrogen and oxygen atoms in total. The summed E-state index contributed by atoms with van der Waals surface area (Å²) in [6.07, 6.45) is 1.90. The van der Waals surface area contributed by atoms with Crippen LogP contribution in [0, 0.1) is 0 Å². The van der Waals surface area contributed by atoms with Gasteiger partial charge in [0.05, 0.1) is 11.3 Å². The molecule has 0 aliphatic carbocycles. The average molecular weight is 267 g/mol. The maximum absolute atomic E-state index is 12.1. The largest absolute Gasteiger partial charge is 0.388 e. The van der Waals surface area contributed by atoms with Crippen molar-refractivity contribution in [2.75, 3.05) is 19.8 Å². The molecular weight excluding hydrogens is 246 g/mol. The number of carbonyl (C=O) groups excluding carboxylic acids is 1. The van der Waals surface area contributed by atoms with Crippen LogP contribution in [0.3, 0.4) is 0 Å². The standard InChI is InChI=1S/C13H21N3O3/c1-3-10-8-11(16(2)15-10)12(17)14-9-13(18)4-6-19-7-5-13/h8,18H,3-7,9H2,1-2H3,(H,14,17). The van der Waals surface area contributed by atoms with Crippen LogP contribution in [0.15, 0.2) is 6.07 Å². The molecule has 0 bridgehead atoms. The molecule has 1 aromatic rings. The number of ether oxygens (including phenoxy) is 1. The van der Waals surface area contributed by atoms with Gasteiger partial charge in [-0.25, -0.2) is 0 Å². The Kier molecular flexibility index (Phi) is 4.21. The monoisotopic (exact) mass is 267 g/mol. The lowest BCUT2D eigenvalue weighted by molar-refractivity contribution is -0.0605. The van der Waals surface area contributed by atoms with E-state index in [1.807, 2.05) is 6.92 Å². The molecule has 0 aromatic carbocycles. The Hall–Kier alpha value is -1.40. The zero-order valence-electron chi connectivity index (χ0n) is 11.5. The SMILES string of the molecule is CCc1cc(C(=O)NCC2(O)CCOCC2)n(C)n1. The van der Waals surface area contributed by atoms with Gasteiger partial charge >= 0.3 is 0 Å². The first kappa shape index (κ1) is 14.0. The van der Waals surface area contributed by atoms with Crippen molar-refractivity contribution in [2.24, 2.45) is 7.05 Å². The van der Waals surface area contributed by atoms with Gasteiger partial charge in [-0.2, -0.15) is 5.10 Å². The quantitative estimate of drug-likeness (QED) is 0.820. The highest BCUT2D eigenvalue weighted by molar-refractivity contribution is 5.92. The van der Waals surface area contributed by atoms with Crippen molar-refractivity contribution in [3.05, 3.63) is 17.5 Å². The summed E-state index contributed by atoms with van der Waals surface area (Å²) in [4.78, 5) is 12.1. The molecule has 1 aliphatic rings. The minimum atomic E-state index is -0.847. The van der Waals surface area contributed by atoms with Gasteiger partial charge in [0.15, 0.2) is 0 Å². The molecule has 6 heteroatoms. The summed E-state index contributed by atoms with van der Waals surface area (Å²) in [5.41, 5.74) is 0.560. The Morgan fingerprint density at radius 2 is 2.26 bits per heavy atom. The lowest BCUT2D eigenvalue weighted by Gasteiger charge is -2.32. The number of hydrogen-bond acceptors (Lipinski definition) is 4. The molecule has 0 spiro atoms. The molecule has 1 amide bonds. The maximum atomic E-state index is 12.1. The second-order valence-electron chi connectivity index (χ2n) is 5.02. The molecule has 2 rings (SSSR count). The van der Waals surface area contributed by atoms with E-state index in [9.17, 15) is 9.90 Å². The van der Waals surface area contributed by atoms with Crippen molar-refractivity contribution in [3.8, 4) is 0 Å². The zero-order valence-corrected chi connectivity index (χ0v) is 11.5. The third-order valence-corrected chi connectivity index (χ3v) is 3.53. The lowest BCUT2D eigenvalue weighted by Crippen LogP contribution is -2.46. The molecule has 19 heavy (non-hydrogen) atoms. The van der Waals surface area contributed by atoms with E-state index < -0.39 is 5.60 Å². The first-order valence-corrected chi connectivity index (χ1v) is 6.65. The molecule has 0 radical (unpaired) electrons. The van der Waals surface area contributed by atoms with Gasteiger partial charge in [-0.15, -0.1) is 0 Å². The van der Waals surface area contributed by atoms with Crippen LogP contribution < -0.4 is 5.32 Å². The number of nitrogens with zero attached hydrogens (tertiary/aromatic N) is 2. The summed E-state index contributed by atoms with van der Waals surface area (Å²) < 4.78 is 6.78. The van der Waals surface area contributed by atoms with E-state index in [2.05, 4.69) is 10.4 Å². The van der Waals surface area contributed by atoms with E-state index in [1.54, 1.807) is 17.8 Å². The Bertz CT molecular complexity index is 450. The second-order valence-corrected chi connectivity index (χ2v) is 5.02. The first-order valence-electron chi connectivity index (χ1n) is 6.65. The highest BCUT2D eigenvalue weighted by atomic mass is 16.5. The highest BCUT2D eigenvalue weighted by Gasteiger charge is 2.30. The number of aromatic nitrogens is 2. The van der Waals surface area contributed by atoms with Crippen LogP contribution in [-0.2, 0) is 18.2 Å². The van der Waals surface area contributed by atoms with Crippen molar-refractivity contribution in [1.82, 2.24) is 15.1 Å². The van der Waals surface area contributed by atoms with Gasteiger partial charge in [0.25, 0.3) is 5.91 Å². The molecular formula is C13H21N3O3. The average Bonchev–Trinajstić information content (AvgIpc) is 2.78. The second kappa shape index (κ2) is 5.71. The number of nitrogens with one attached hydrogen (secondary N) is 1. The molecule has 2 heterocycles. The summed E-state index contributed by atoms with van der Waals surface area (Å²) in [6, 6.07) is 1.78. The van der Waals surface area contributed by atoms with E-state index in [0.717, 1.165) is 12.1 Å². The van der Waals surface area contributed by atoms with Crippen LogP contribution >= 0.6 is 0 Å². The van der Waals surface area contributed by atoms with Gasteiger partial charge in [0.2, 0.25) is 0 Å². The van der Waals surface area contributed by atoms with Crippen molar-refractivity contribution in [1.29, 1.82) is 0 Å². The lowest BCUT2D eigenvalue weighted by atomic mass is 9.94. The summed E-state index contributed by atoms with van der Waals surface area (Å²) in [6.45, 7) is 3.33. The molecule has 1 aliphatic heterocycles. The normalized spacial score (nSPS) is 18.3. The van der Waals surface area contributed by atoms with Crippen molar-refractivity contribution >= 4 is 5.91 Å². The van der Waals surface area contributed by atoms with E-state index in [0.29, 0.717) is 31.7 Å². The number of carbonyl (C=O) groups is 1. The molecule has 1 saturated heterocycles. The van der Waals surface area contributed by atoms with Crippen LogP contribution in [-0.4, -0.2) is 46.2 Å². The third kappa shape index (κ3) is 3.33. The first-order chi connectivity index (χ1) is 9.04. The Morgan fingerprint density at radius 1 is 1.58 bits per heavy atom. The predicted octanol–water partition coefficient (Wildman–Crippen LogP) is 0.254. The predicted molar refractivity (Wildman–Crippen MR) is 69.9 cm³/mol.